The molecule has 1 heterocycles. The zero-order chi connectivity index (χ0) is 15.7. The Morgan fingerprint density at radius 3 is 2.29 bits per heavy atom. The number of hydrogen-bond donors (Lipinski definition) is 4. The summed E-state index contributed by atoms with van der Waals surface area (Å²) in [4.78, 5) is 39.3. The van der Waals surface area contributed by atoms with Crippen LogP contribution in [0.3, 0.4) is 0 Å². The van der Waals surface area contributed by atoms with Crippen molar-refractivity contribution in [3.63, 3.8) is 0 Å². The largest absolute Gasteiger partial charge is 0.478 e. The molecule has 21 heavy (non-hydrogen) atoms. The molecule has 8 heteroatoms. The smallest absolute Gasteiger partial charge is 0.331 e. The fraction of sp³-hybridized carbons (Fsp3) is 0.154. The van der Waals surface area contributed by atoms with E-state index >= 15 is 0 Å². The highest BCUT2D eigenvalue weighted by Gasteiger charge is 2.14. The second kappa shape index (κ2) is 5.57. The number of carboxylic acid groups (broad SMARTS) is 1. The number of aliphatic carboxylic acids is 1. The average molecular weight is 354 g/mol. The van der Waals surface area contributed by atoms with Crippen LogP contribution in [0.2, 0.25) is 0 Å². The lowest BCUT2D eigenvalue weighted by atomic mass is 10.1. The Kier molecular flexibility index (Phi) is 3.99. The summed E-state index contributed by atoms with van der Waals surface area (Å²) in [6.07, 6.45) is 0. The minimum Gasteiger partial charge on any atom is -0.478 e. The fourth-order valence-corrected chi connectivity index (χ4v) is 2.14. The Hall–Kier alpha value is -2.35. The summed E-state index contributed by atoms with van der Waals surface area (Å²) in [6.45, 7) is 2.79. The number of carbonyl (C=O) groups is 2. The fourth-order valence-electron chi connectivity index (χ4n) is 1.70. The SMILES string of the molecule is CC(C(=O)O)=C(C)C(=O)Nc1cc2[nH]c(=O)[nH]c2cc1Br. The predicted molar refractivity (Wildman–Crippen MR) is 81.3 cm³/mol. The maximum absolute atomic E-state index is 12.0. The van der Waals surface area contributed by atoms with E-state index in [1.165, 1.54) is 13.8 Å². The van der Waals surface area contributed by atoms with Gasteiger partial charge in [0, 0.05) is 15.6 Å². The van der Waals surface area contributed by atoms with Gasteiger partial charge in [-0.2, -0.15) is 0 Å². The van der Waals surface area contributed by atoms with E-state index < -0.39 is 11.9 Å². The molecule has 0 fully saturated rings. The number of aromatic amines is 2. The molecule has 110 valence electrons. The molecule has 0 aliphatic carbocycles. The molecule has 0 atom stereocenters. The second-order valence-corrected chi connectivity index (χ2v) is 5.32. The number of rotatable bonds is 3. The predicted octanol–water partition coefficient (Wildman–Crippen LogP) is 1.98. The van der Waals surface area contributed by atoms with Gasteiger partial charge in [0.05, 0.1) is 16.7 Å². The van der Waals surface area contributed by atoms with Crippen LogP contribution >= 0.6 is 15.9 Å². The Labute approximate surface area is 127 Å². The van der Waals surface area contributed by atoms with Gasteiger partial charge in [0.25, 0.3) is 5.91 Å². The highest BCUT2D eigenvalue weighted by Crippen LogP contribution is 2.26. The highest BCUT2D eigenvalue weighted by atomic mass is 79.9. The summed E-state index contributed by atoms with van der Waals surface area (Å²) in [5, 5.41) is 11.5. The van der Waals surface area contributed by atoms with E-state index in [4.69, 9.17) is 5.11 Å². The van der Waals surface area contributed by atoms with Crippen molar-refractivity contribution in [2.75, 3.05) is 5.32 Å². The number of benzene rings is 1. The van der Waals surface area contributed by atoms with Gasteiger partial charge in [0.15, 0.2) is 0 Å². The molecule has 0 saturated heterocycles. The number of H-pyrrole nitrogens is 2. The molecule has 0 aliphatic rings. The van der Waals surface area contributed by atoms with Crippen molar-refractivity contribution >= 4 is 44.5 Å². The van der Waals surface area contributed by atoms with Crippen LogP contribution < -0.4 is 11.0 Å². The van der Waals surface area contributed by atoms with Crippen LogP contribution in [0.25, 0.3) is 11.0 Å². The Morgan fingerprint density at radius 2 is 1.71 bits per heavy atom. The summed E-state index contributed by atoms with van der Waals surface area (Å²) in [6, 6.07) is 3.23. The number of hydrogen-bond acceptors (Lipinski definition) is 3. The zero-order valence-corrected chi connectivity index (χ0v) is 12.8. The van der Waals surface area contributed by atoms with Crippen LogP contribution in [0.15, 0.2) is 32.5 Å². The van der Waals surface area contributed by atoms with Crippen molar-refractivity contribution < 1.29 is 14.7 Å². The molecular formula is C13H12BrN3O4. The maximum Gasteiger partial charge on any atom is 0.331 e. The third-order valence-electron chi connectivity index (χ3n) is 3.08. The van der Waals surface area contributed by atoms with Gasteiger partial charge in [0.2, 0.25) is 0 Å². The van der Waals surface area contributed by atoms with Crippen molar-refractivity contribution in [3.8, 4) is 0 Å². The number of halogens is 1. The summed E-state index contributed by atoms with van der Waals surface area (Å²) < 4.78 is 0.569. The van der Waals surface area contributed by atoms with Crippen molar-refractivity contribution in [1.29, 1.82) is 0 Å². The van der Waals surface area contributed by atoms with E-state index in [0.29, 0.717) is 21.2 Å². The maximum atomic E-state index is 12.0. The molecular weight excluding hydrogens is 342 g/mol. The molecule has 0 unspecified atom stereocenters. The van der Waals surface area contributed by atoms with Crippen molar-refractivity contribution in [1.82, 2.24) is 9.97 Å². The first-order valence-corrected chi connectivity index (χ1v) is 6.72. The standard InChI is InChI=1S/C13H12BrN3O4/c1-5(6(2)12(19)20)11(18)15-8-4-10-9(3-7(8)14)16-13(21)17-10/h3-4H,1-2H3,(H,15,18)(H,19,20)(H2,16,17,21). The lowest BCUT2D eigenvalue weighted by Crippen LogP contribution is -2.16. The van der Waals surface area contributed by atoms with Gasteiger partial charge in [0.1, 0.15) is 0 Å². The molecule has 1 aromatic heterocycles. The summed E-state index contributed by atoms with van der Waals surface area (Å²) in [5.41, 5.74) is 1.30. The molecule has 7 nitrogen and oxygen atoms in total. The molecule has 0 radical (unpaired) electrons. The van der Waals surface area contributed by atoms with Gasteiger partial charge in [-0.3, -0.25) is 4.79 Å². The summed E-state index contributed by atoms with van der Waals surface area (Å²) in [5.74, 6) is -1.67. The molecule has 0 bridgehead atoms. The van der Waals surface area contributed by atoms with E-state index in [1.807, 2.05) is 0 Å². The Balaban J connectivity index is 2.37. The normalized spacial score (nSPS) is 12.1. The molecule has 1 aromatic carbocycles. The second-order valence-electron chi connectivity index (χ2n) is 4.47. The lowest BCUT2D eigenvalue weighted by molar-refractivity contribution is -0.133. The van der Waals surface area contributed by atoms with Crippen LogP contribution in [-0.2, 0) is 9.59 Å². The van der Waals surface area contributed by atoms with E-state index in [2.05, 4.69) is 31.2 Å². The van der Waals surface area contributed by atoms with Crippen LogP contribution in [0.4, 0.5) is 5.69 Å². The van der Waals surface area contributed by atoms with E-state index in [0.717, 1.165) is 0 Å². The van der Waals surface area contributed by atoms with Crippen molar-refractivity contribution in [2.24, 2.45) is 0 Å². The molecule has 0 aliphatic heterocycles. The Bertz CT molecular complexity index is 832. The van der Waals surface area contributed by atoms with Crippen molar-refractivity contribution in [2.45, 2.75) is 13.8 Å². The van der Waals surface area contributed by atoms with Crippen LogP contribution in [-0.4, -0.2) is 27.0 Å². The van der Waals surface area contributed by atoms with Crippen LogP contribution in [0, 0.1) is 0 Å². The Morgan fingerprint density at radius 1 is 1.14 bits per heavy atom. The van der Waals surface area contributed by atoms with Gasteiger partial charge < -0.3 is 20.4 Å². The van der Waals surface area contributed by atoms with E-state index in [9.17, 15) is 14.4 Å². The van der Waals surface area contributed by atoms with Gasteiger partial charge in [-0.25, -0.2) is 9.59 Å². The number of imidazole rings is 1. The van der Waals surface area contributed by atoms with Gasteiger partial charge >= 0.3 is 11.7 Å². The summed E-state index contributed by atoms with van der Waals surface area (Å²) in [7, 11) is 0. The van der Waals surface area contributed by atoms with Gasteiger partial charge in [-0.15, -0.1) is 0 Å². The van der Waals surface area contributed by atoms with Crippen LogP contribution in [0.1, 0.15) is 13.8 Å². The first-order chi connectivity index (χ1) is 9.79. The third kappa shape index (κ3) is 3.05. The number of carbonyl (C=O) groups excluding carboxylic acids is 1. The molecule has 1 amide bonds. The van der Waals surface area contributed by atoms with E-state index in [-0.39, 0.29) is 16.8 Å². The topological polar surface area (TPSA) is 115 Å². The van der Waals surface area contributed by atoms with Crippen LogP contribution in [0.5, 0.6) is 0 Å². The summed E-state index contributed by atoms with van der Waals surface area (Å²) >= 11 is 3.29. The molecule has 2 aromatic rings. The first kappa shape index (κ1) is 15.0. The number of nitrogens with one attached hydrogen (secondary N) is 3. The molecule has 0 spiro atoms. The lowest BCUT2D eigenvalue weighted by Gasteiger charge is -2.09. The molecule has 0 saturated carbocycles. The van der Waals surface area contributed by atoms with Crippen molar-refractivity contribution in [3.05, 3.63) is 38.2 Å². The third-order valence-corrected chi connectivity index (χ3v) is 3.73. The number of fused-ring (bicyclic) bond motifs is 1. The first-order valence-electron chi connectivity index (χ1n) is 5.93. The number of carboxylic acids is 1. The number of amides is 1. The van der Waals surface area contributed by atoms with Gasteiger partial charge in [-0.1, -0.05) is 0 Å². The number of anilines is 1. The van der Waals surface area contributed by atoms with E-state index in [1.54, 1.807) is 12.1 Å². The number of aromatic nitrogens is 2. The highest BCUT2D eigenvalue weighted by molar-refractivity contribution is 9.10. The minimum absolute atomic E-state index is 0.0280. The molecule has 4 N–H and O–H groups in total. The monoisotopic (exact) mass is 353 g/mol. The van der Waals surface area contributed by atoms with Gasteiger partial charge in [-0.05, 0) is 41.9 Å². The average Bonchev–Trinajstić information content (AvgIpc) is 2.76. The zero-order valence-electron chi connectivity index (χ0n) is 11.2. The molecule has 2 rings (SSSR count). The quantitative estimate of drug-likeness (QED) is 0.631. The minimum atomic E-state index is -1.15.